The summed E-state index contributed by atoms with van der Waals surface area (Å²) < 4.78 is 5.34. The molecule has 1 aliphatic heterocycles. The molecule has 1 saturated carbocycles. The Morgan fingerprint density at radius 1 is 1.24 bits per heavy atom. The lowest BCUT2D eigenvalue weighted by Gasteiger charge is -2.46. The van der Waals surface area contributed by atoms with Crippen molar-refractivity contribution in [2.45, 2.75) is 25.2 Å². The van der Waals surface area contributed by atoms with Gasteiger partial charge in [-0.3, -0.25) is 4.79 Å². The van der Waals surface area contributed by atoms with Crippen molar-refractivity contribution in [2.75, 3.05) is 13.2 Å². The van der Waals surface area contributed by atoms with E-state index in [0.717, 1.165) is 18.4 Å². The Hall–Kier alpha value is -1.35. The zero-order valence-corrected chi connectivity index (χ0v) is 9.90. The third kappa shape index (κ3) is 1.29. The number of hydrogen-bond acceptors (Lipinski definition) is 2. The van der Waals surface area contributed by atoms with E-state index in [1.54, 1.807) is 0 Å². The van der Waals surface area contributed by atoms with Crippen molar-refractivity contribution < 1.29 is 14.6 Å². The van der Waals surface area contributed by atoms with E-state index in [4.69, 9.17) is 4.74 Å². The van der Waals surface area contributed by atoms with Crippen LogP contribution < -0.4 is 0 Å². The van der Waals surface area contributed by atoms with Crippen LogP contribution in [0.3, 0.4) is 0 Å². The normalized spacial score (nSPS) is 23.8. The van der Waals surface area contributed by atoms with Gasteiger partial charge in [0.1, 0.15) is 0 Å². The first-order chi connectivity index (χ1) is 8.11. The lowest BCUT2D eigenvalue weighted by Crippen LogP contribution is -2.56. The summed E-state index contributed by atoms with van der Waals surface area (Å²) >= 11 is 0. The minimum absolute atomic E-state index is 0.285. The molecular formula is C14H16O3. The van der Waals surface area contributed by atoms with Crippen molar-refractivity contribution >= 4 is 5.97 Å². The van der Waals surface area contributed by atoms with E-state index in [2.05, 4.69) is 12.1 Å². The molecule has 0 spiro atoms. The Labute approximate surface area is 100 Å². The molecule has 0 radical (unpaired) electrons. The van der Waals surface area contributed by atoms with Gasteiger partial charge in [0.05, 0.1) is 24.0 Å². The van der Waals surface area contributed by atoms with Crippen LogP contribution in [0.5, 0.6) is 0 Å². The van der Waals surface area contributed by atoms with Gasteiger partial charge >= 0.3 is 5.97 Å². The predicted molar refractivity (Wildman–Crippen MR) is 63.0 cm³/mol. The van der Waals surface area contributed by atoms with Crippen LogP contribution in [0.1, 0.15) is 24.0 Å². The van der Waals surface area contributed by atoms with Crippen LogP contribution in [-0.2, 0) is 14.9 Å². The van der Waals surface area contributed by atoms with Gasteiger partial charge in [-0.25, -0.2) is 0 Å². The molecule has 1 N–H and O–H groups in total. The second-order valence-electron chi connectivity index (χ2n) is 5.33. The van der Waals surface area contributed by atoms with Crippen molar-refractivity contribution in [3.8, 4) is 0 Å². The highest BCUT2D eigenvalue weighted by Crippen LogP contribution is 2.62. The summed E-state index contributed by atoms with van der Waals surface area (Å²) in [5.41, 5.74) is 1.46. The number of ether oxygens (including phenoxy) is 1. The van der Waals surface area contributed by atoms with Crippen molar-refractivity contribution in [3.05, 3.63) is 35.4 Å². The lowest BCUT2D eigenvalue weighted by molar-refractivity contribution is -0.161. The van der Waals surface area contributed by atoms with E-state index in [-0.39, 0.29) is 5.41 Å². The first-order valence-corrected chi connectivity index (χ1v) is 5.99. The molecule has 3 nitrogen and oxygen atoms in total. The second-order valence-corrected chi connectivity index (χ2v) is 5.33. The lowest BCUT2D eigenvalue weighted by atomic mass is 9.66. The molecule has 17 heavy (non-hydrogen) atoms. The van der Waals surface area contributed by atoms with Gasteiger partial charge in [0.15, 0.2) is 0 Å². The molecule has 2 aliphatic rings. The molecule has 2 fully saturated rings. The minimum Gasteiger partial charge on any atom is -0.481 e. The Morgan fingerprint density at radius 2 is 1.82 bits per heavy atom. The number of carboxylic acids is 1. The fraction of sp³-hybridized carbons (Fsp3) is 0.500. The number of rotatable bonds is 3. The molecule has 90 valence electrons. The van der Waals surface area contributed by atoms with Crippen LogP contribution in [0.2, 0.25) is 0 Å². The van der Waals surface area contributed by atoms with Crippen LogP contribution in [0.4, 0.5) is 0 Å². The molecule has 1 saturated heterocycles. The summed E-state index contributed by atoms with van der Waals surface area (Å²) in [6.45, 7) is 3.13. The van der Waals surface area contributed by atoms with Gasteiger partial charge in [-0.15, -0.1) is 0 Å². The molecule has 1 heterocycles. The maximum atomic E-state index is 11.5. The molecule has 1 aromatic rings. The van der Waals surface area contributed by atoms with Crippen molar-refractivity contribution in [1.82, 2.24) is 0 Å². The van der Waals surface area contributed by atoms with Crippen LogP contribution in [-0.4, -0.2) is 24.3 Å². The van der Waals surface area contributed by atoms with Gasteiger partial charge < -0.3 is 9.84 Å². The van der Waals surface area contributed by atoms with Crippen molar-refractivity contribution in [2.24, 2.45) is 5.41 Å². The Morgan fingerprint density at radius 3 is 2.18 bits per heavy atom. The topological polar surface area (TPSA) is 46.5 Å². The Kier molecular flexibility index (Phi) is 2.11. The zero-order valence-electron chi connectivity index (χ0n) is 9.90. The SMILES string of the molecule is Cc1ccc(C2(C3(C(=O)O)CC3)COC2)cc1. The molecule has 0 amide bonds. The van der Waals surface area contributed by atoms with E-state index in [9.17, 15) is 9.90 Å². The highest BCUT2D eigenvalue weighted by atomic mass is 16.5. The molecule has 0 atom stereocenters. The molecule has 1 aliphatic carbocycles. The molecule has 3 rings (SSSR count). The summed E-state index contributed by atoms with van der Waals surface area (Å²) in [4.78, 5) is 11.5. The monoisotopic (exact) mass is 232 g/mol. The number of benzene rings is 1. The number of aliphatic carboxylic acids is 1. The highest BCUT2D eigenvalue weighted by Gasteiger charge is 2.68. The Bertz CT molecular complexity index is 453. The van der Waals surface area contributed by atoms with Gasteiger partial charge in [0, 0.05) is 0 Å². The third-order valence-electron chi connectivity index (χ3n) is 4.38. The highest BCUT2D eigenvalue weighted by molar-refractivity contribution is 5.81. The largest absolute Gasteiger partial charge is 0.481 e. The summed E-state index contributed by atoms with van der Waals surface area (Å²) in [5.74, 6) is -0.665. The van der Waals surface area contributed by atoms with Gasteiger partial charge in [-0.2, -0.15) is 0 Å². The number of carboxylic acid groups (broad SMARTS) is 1. The predicted octanol–water partition coefficient (Wildman–Crippen LogP) is 2.13. The van der Waals surface area contributed by atoms with Crippen LogP contribution >= 0.6 is 0 Å². The number of carbonyl (C=O) groups is 1. The quantitative estimate of drug-likeness (QED) is 0.868. The first kappa shape index (κ1) is 10.8. The average molecular weight is 232 g/mol. The number of hydrogen-bond donors (Lipinski definition) is 1. The Balaban J connectivity index is 2.03. The van der Waals surface area contributed by atoms with Crippen molar-refractivity contribution in [3.63, 3.8) is 0 Å². The van der Waals surface area contributed by atoms with Gasteiger partial charge in [0.25, 0.3) is 0 Å². The van der Waals surface area contributed by atoms with Crippen LogP contribution in [0.15, 0.2) is 24.3 Å². The maximum absolute atomic E-state index is 11.5. The van der Waals surface area contributed by atoms with E-state index >= 15 is 0 Å². The van der Waals surface area contributed by atoms with Gasteiger partial charge in [-0.05, 0) is 25.3 Å². The van der Waals surface area contributed by atoms with Gasteiger partial charge in [-0.1, -0.05) is 29.8 Å². The molecule has 0 aromatic heterocycles. The van der Waals surface area contributed by atoms with E-state index in [0.29, 0.717) is 13.2 Å². The van der Waals surface area contributed by atoms with E-state index < -0.39 is 11.4 Å². The maximum Gasteiger partial charge on any atom is 0.310 e. The molecular weight excluding hydrogens is 216 g/mol. The minimum atomic E-state index is -0.665. The average Bonchev–Trinajstić information content (AvgIpc) is 3.01. The number of aryl methyl sites for hydroxylation is 1. The smallest absolute Gasteiger partial charge is 0.310 e. The van der Waals surface area contributed by atoms with E-state index in [1.165, 1.54) is 5.56 Å². The van der Waals surface area contributed by atoms with Gasteiger partial charge in [0.2, 0.25) is 0 Å². The molecule has 3 heteroatoms. The van der Waals surface area contributed by atoms with E-state index in [1.807, 2.05) is 19.1 Å². The summed E-state index contributed by atoms with van der Waals surface area (Å²) in [7, 11) is 0. The fourth-order valence-corrected chi connectivity index (χ4v) is 2.92. The third-order valence-corrected chi connectivity index (χ3v) is 4.38. The zero-order chi connectivity index (χ0) is 12.1. The summed E-state index contributed by atoms with van der Waals surface area (Å²) in [6.07, 6.45) is 1.55. The van der Waals surface area contributed by atoms with Crippen molar-refractivity contribution in [1.29, 1.82) is 0 Å². The first-order valence-electron chi connectivity index (χ1n) is 5.99. The molecule has 0 unspecified atom stereocenters. The summed E-state index contributed by atoms with van der Waals surface area (Å²) in [6, 6.07) is 8.21. The molecule has 0 bridgehead atoms. The fourth-order valence-electron chi connectivity index (χ4n) is 2.92. The summed E-state index contributed by atoms with van der Waals surface area (Å²) in [5, 5.41) is 9.46. The molecule has 1 aromatic carbocycles. The van der Waals surface area contributed by atoms with Crippen LogP contribution in [0.25, 0.3) is 0 Å². The van der Waals surface area contributed by atoms with Crippen LogP contribution in [0, 0.1) is 12.3 Å². The second kappa shape index (κ2) is 3.33. The standard InChI is InChI=1S/C14H16O3/c1-10-2-4-11(5-3-10)14(8-17-9-14)13(6-7-13)12(15)16/h2-5H,6-9H2,1H3,(H,15,16).